The van der Waals surface area contributed by atoms with E-state index in [1.807, 2.05) is 0 Å². The largest absolute Gasteiger partial charge is 0.479 e. The van der Waals surface area contributed by atoms with Crippen molar-refractivity contribution in [2.24, 2.45) is 0 Å². The third-order valence-corrected chi connectivity index (χ3v) is 14.1. The highest BCUT2D eigenvalue weighted by Crippen LogP contribution is 2.26. The Kier molecular flexibility index (Phi) is 55.3. The molecular weight excluding hydrogens is 1090 g/mol. The number of carboxylic acids is 1. The van der Waals surface area contributed by atoms with Crippen molar-refractivity contribution in [1.29, 1.82) is 0 Å². The van der Waals surface area contributed by atoms with Crippen LogP contribution in [-0.4, -0.2) is 89.2 Å². The van der Waals surface area contributed by atoms with Gasteiger partial charge in [0.1, 0.15) is 18.8 Å². The fourth-order valence-corrected chi connectivity index (χ4v) is 9.01. The molecular formula is C75H116O12. The summed E-state index contributed by atoms with van der Waals surface area (Å²) in [6.45, 7) is 5.69. The second-order valence-corrected chi connectivity index (χ2v) is 22.0. The van der Waals surface area contributed by atoms with Gasteiger partial charge in [-0.05, 0) is 148 Å². The van der Waals surface area contributed by atoms with Crippen molar-refractivity contribution in [2.75, 3.05) is 13.2 Å². The maximum absolute atomic E-state index is 13.2. The molecule has 0 aromatic heterocycles. The van der Waals surface area contributed by atoms with Crippen molar-refractivity contribution in [3.63, 3.8) is 0 Å². The zero-order valence-electron chi connectivity index (χ0n) is 53.9. The first-order chi connectivity index (χ1) is 42.6. The molecule has 0 amide bonds. The Labute approximate surface area is 526 Å². The Morgan fingerprint density at radius 3 is 1.11 bits per heavy atom. The summed E-state index contributed by atoms with van der Waals surface area (Å²) >= 11 is 0. The molecule has 6 atom stereocenters. The molecule has 0 radical (unpaired) electrons. The van der Waals surface area contributed by atoms with E-state index < -0.39 is 67.3 Å². The van der Waals surface area contributed by atoms with Gasteiger partial charge in [0.2, 0.25) is 0 Å². The maximum atomic E-state index is 13.2. The Balaban J connectivity index is 2.73. The number of hydrogen-bond acceptors (Lipinski definition) is 11. The number of rotatable bonds is 55. The van der Waals surface area contributed by atoms with Gasteiger partial charge in [-0.3, -0.25) is 14.4 Å². The van der Waals surface area contributed by atoms with E-state index in [1.165, 1.54) is 19.3 Å². The number of aliphatic carboxylic acids is 1. The van der Waals surface area contributed by atoms with Gasteiger partial charge in [-0.1, -0.05) is 230 Å². The van der Waals surface area contributed by atoms with Crippen LogP contribution >= 0.6 is 0 Å². The Hall–Kier alpha value is -5.66. The first-order valence-electron chi connectivity index (χ1n) is 33.5. The Bertz CT molecular complexity index is 2120. The number of carbonyl (C=O) groups excluding carboxylic acids is 3. The van der Waals surface area contributed by atoms with E-state index in [4.69, 9.17) is 23.7 Å². The molecule has 488 valence electrons. The molecule has 6 unspecified atom stereocenters. The van der Waals surface area contributed by atoms with Crippen LogP contribution in [0.5, 0.6) is 0 Å². The van der Waals surface area contributed by atoms with Crippen molar-refractivity contribution < 1.29 is 58.2 Å². The average molecular weight is 1210 g/mol. The fourth-order valence-electron chi connectivity index (χ4n) is 9.01. The average Bonchev–Trinajstić information content (AvgIpc) is 2.56. The standard InChI is InChI=1S/C75H116O12/c1-4-7-10-13-16-19-22-25-28-31-34-37-40-43-46-49-52-55-58-61-67(76)83-64-66(85-68(77)62-59-56-53-50-47-44-41-38-35-32-29-26-23-20-17-14-11-8-5-2)65-84-75-73(71(80)70(79)72(87-75)74(81)82)86-69(78)63-60-57-54-51-48-45-42-39-36-33-30-27-24-21-18-15-12-9-6-3/h7-8,10-11,16-21,25-30,34-39,43-44,46-47,66,70-73,75,79-80H,4-6,9,12-15,22-24,31-33,40-42,45,48-65H2,1-3H3,(H,81,82)/b10-7-,11-8-,19-16-,20-17-,21-18-,28-25-,29-26-,30-27-,37-34-,38-35-,39-36-,46-43-,47-44-. The molecule has 0 aromatic rings. The number of unbranched alkanes of at least 4 members (excludes halogenated alkanes) is 15. The summed E-state index contributed by atoms with van der Waals surface area (Å²) in [6, 6.07) is 0. The van der Waals surface area contributed by atoms with E-state index in [2.05, 4.69) is 179 Å². The number of esters is 3. The highest BCUT2D eigenvalue weighted by atomic mass is 16.7. The maximum Gasteiger partial charge on any atom is 0.335 e. The summed E-state index contributed by atoms with van der Waals surface area (Å²) in [5.74, 6) is -3.25. The van der Waals surface area contributed by atoms with Crippen LogP contribution in [0.4, 0.5) is 0 Å². The van der Waals surface area contributed by atoms with Gasteiger partial charge in [0.15, 0.2) is 24.6 Å². The number of aliphatic hydroxyl groups excluding tert-OH is 2. The van der Waals surface area contributed by atoms with Crippen molar-refractivity contribution in [3.05, 3.63) is 158 Å². The summed E-state index contributed by atoms with van der Waals surface area (Å²) in [7, 11) is 0. The number of carboxylic acid groups (broad SMARTS) is 1. The summed E-state index contributed by atoms with van der Waals surface area (Å²) in [5, 5.41) is 31.6. The number of aliphatic hydroxyl groups is 2. The van der Waals surface area contributed by atoms with E-state index in [9.17, 15) is 34.5 Å². The van der Waals surface area contributed by atoms with Gasteiger partial charge in [0, 0.05) is 19.3 Å². The van der Waals surface area contributed by atoms with Gasteiger partial charge in [-0.2, -0.15) is 0 Å². The highest BCUT2D eigenvalue weighted by molar-refractivity contribution is 5.74. The quantitative estimate of drug-likeness (QED) is 0.0228. The van der Waals surface area contributed by atoms with Crippen LogP contribution in [-0.2, 0) is 42.9 Å². The lowest BCUT2D eigenvalue weighted by atomic mass is 9.98. The number of hydrogen-bond donors (Lipinski definition) is 3. The molecule has 1 aliphatic rings. The molecule has 1 fully saturated rings. The van der Waals surface area contributed by atoms with Gasteiger partial charge in [-0.15, -0.1) is 0 Å². The van der Waals surface area contributed by atoms with Crippen LogP contribution in [0.25, 0.3) is 0 Å². The third-order valence-electron chi connectivity index (χ3n) is 14.1. The SMILES string of the molecule is CC/C=C\C/C=C\C/C=C\C/C=C\C/C=C\CCCCCC(=O)OCC(COC1OC(C(=O)O)C(O)C(O)C1OC(=O)CCCCCCCC/C=C\C/C=C\C/C=C\CCCCC)OC(=O)CCCCC/C=C\C/C=C\C/C=C\C/C=C\C/C=C\CC. The number of carbonyl (C=O) groups is 4. The third kappa shape index (κ3) is 50.0. The summed E-state index contributed by atoms with van der Waals surface area (Å²) < 4.78 is 28.5. The normalized spacial score (nSPS) is 18.4. The second kappa shape index (κ2) is 60.6. The summed E-state index contributed by atoms with van der Waals surface area (Å²) in [5.41, 5.74) is 0. The molecule has 1 rings (SSSR count). The van der Waals surface area contributed by atoms with Crippen LogP contribution in [0.1, 0.15) is 239 Å². The number of allylic oxidation sites excluding steroid dienone is 26. The molecule has 1 heterocycles. The van der Waals surface area contributed by atoms with E-state index in [-0.39, 0.29) is 25.9 Å². The fraction of sp³-hybridized carbons (Fsp3) is 0.600. The smallest absolute Gasteiger partial charge is 0.335 e. The molecule has 0 aromatic carbocycles. The van der Waals surface area contributed by atoms with E-state index >= 15 is 0 Å². The first-order valence-corrected chi connectivity index (χ1v) is 33.5. The van der Waals surface area contributed by atoms with E-state index in [1.54, 1.807) is 0 Å². The predicted molar refractivity (Wildman–Crippen MR) is 358 cm³/mol. The van der Waals surface area contributed by atoms with Gasteiger partial charge in [-0.25, -0.2) is 4.79 Å². The highest BCUT2D eigenvalue weighted by Gasteiger charge is 2.50. The molecule has 3 N–H and O–H groups in total. The lowest BCUT2D eigenvalue weighted by Gasteiger charge is -2.40. The van der Waals surface area contributed by atoms with Crippen molar-refractivity contribution in [3.8, 4) is 0 Å². The van der Waals surface area contributed by atoms with Crippen LogP contribution in [0.2, 0.25) is 0 Å². The zero-order valence-corrected chi connectivity index (χ0v) is 53.9. The minimum absolute atomic E-state index is 0.0290. The van der Waals surface area contributed by atoms with Crippen LogP contribution < -0.4 is 0 Å². The molecule has 1 aliphatic heterocycles. The van der Waals surface area contributed by atoms with E-state index in [0.29, 0.717) is 19.3 Å². The van der Waals surface area contributed by atoms with Crippen LogP contribution in [0, 0.1) is 0 Å². The van der Waals surface area contributed by atoms with Crippen molar-refractivity contribution in [1.82, 2.24) is 0 Å². The molecule has 0 aliphatic carbocycles. The van der Waals surface area contributed by atoms with E-state index in [0.717, 1.165) is 161 Å². The van der Waals surface area contributed by atoms with Gasteiger partial charge < -0.3 is 39.0 Å². The lowest BCUT2D eigenvalue weighted by Crippen LogP contribution is -2.61. The molecule has 12 heteroatoms. The molecule has 0 saturated carbocycles. The molecule has 87 heavy (non-hydrogen) atoms. The molecule has 1 saturated heterocycles. The second-order valence-electron chi connectivity index (χ2n) is 22.0. The molecule has 0 bridgehead atoms. The topological polar surface area (TPSA) is 175 Å². The Morgan fingerprint density at radius 2 is 0.724 bits per heavy atom. The summed E-state index contributed by atoms with van der Waals surface area (Å²) in [6.07, 6.45) is 76.2. The summed E-state index contributed by atoms with van der Waals surface area (Å²) in [4.78, 5) is 51.4. The zero-order chi connectivity index (χ0) is 63.1. The lowest BCUT2D eigenvalue weighted by molar-refractivity contribution is -0.301. The van der Waals surface area contributed by atoms with Crippen LogP contribution in [0.15, 0.2) is 158 Å². The minimum Gasteiger partial charge on any atom is -0.479 e. The Morgan fingerprint density at radius 1 is 0.391 bits per heavy atom. The van der Waals surface area contributed by atoms with Crippen molar-refractivity contribution in [2.45, 2.75) is 276 Å². The van der Waals surface area contributed by atoms with Gasteiger partial charge in [0.25, 0.3) is 0 Å². The first kappa shape index (κ1) is 79.4. The van der Waals surface area contributed by atoms with Gasteiger partial charge in [0.05, 0.1) is 6.61 Å². The molecule has 0 spiro atoms. The number of ether oxygens (including phenoxy) is 5. The minimum atomic E-state index is -1.93. The monoisotopic (exact) mass is 1210 g/mol. The van der Waals surface area contributed by atoms with Crippen LogP contribution in [0.3, 0.4) is 0 Å². The van der Waals surface area contributed by atoms with Crippen molar-refractivity contribution >= 4 is 23.9 Å². The van der Waals surface area contributed by atoms with Gasteiger partial charge >= 0.3 is 23.9 Å². The molecule has 12 nitrogen and oxygen atoms in total. The predicted octanol–water partition coefficient (Wildman–Crippen LogP) is 18.5.